The molecule has 1 aromatic heterocycles. The summed E-state index contributed by atoms with van der Waals surface area (Å²) in [6.07, 6.45) is 2.25. The van der Waals surface area contributed by atoms with Gasteiger partial charge in [-0.1, -0.05) is 6.92 Å². The predicted octanol–water partition coefficient (Wildman–Crippen LogP) is 3.02. The maximum atomic E-state index is 13.9. The van der Waals surface area contributed by atoms with Crippen LogP contribution in [0.2, 0.25) is 0 Å². The van der Waals surface area contributed by atoms with Crippen molar-refractivity contribution in [2.45, 2.75) is 58.2 Å². The molecule has 5 atom stereocenters. The van der Waals surface area contributed by atoms with E-state index >= 15 is 0 Å². The number of hydrogen-bond donors (Lipinski definition) is 0. The zero-order valence-corrected chi connectivity index (χ0v) is 19.7. The maximum absolute atomic E-state index is 13.9. The van der Waals surface area contributed by atoms with Gasteiger partial charge in [0.15, 0.2) is 5.76 Å². The molecule has 2 heterocycles. The Balaban J connectivity index is 1.77. The lowest BCUT2D eigenvalue weighted by atomic mass is 9.54. The molecule has 4 aliphatic rings. The highest BCUT2D eigenvalue weighted by atomic mass is 16.6. The molecule has 0 spiro atoms. The minimum atomic E-state index is -1.02. The first-order chi connectivity index (χ1) is 16.0. The summed E-state index contributed by atoms with van der Waals surface area (Å²) in [6.45, 7) is 6.48. The van der Waals surface area contributed by atoms with Crippen LogP contribution in [0.3, 0.4) is 0 Å². The zero-order chi connectivity index (χ0) is 24.6. The monoisotopic (exact) mass is 470 g/mol. The highest BCUT2D eigenvalue weighted by molar-refractivity contribution is 6.13. The van der Waals surface area contributed by atoms with E-state index in [9.17, 15) is 19.2 Å². The molecule has 9 nitrogen and oxygen atoms in total. The fourth-order valence-corrected chi connectivity index (χ4v) is 6.37. The molecule has 0 N–H and O–H groups in total. The SMILES string of the molecule is COC[C@H]1OC(=O)c2coc3c2[C@@]1(C)C1=C(C3=O)C2CC=C(OC(C)=O)[C@@]2(C)C[C@H]1OC(C)=O. The van der Waals surface area contributed by atoms with Gasteiger partial charge in [0.25, 0.3) is 0 Å². The first-order valence-electron chi connectivity index (χ1n) is 11.2. The number of allylic oxidation sites excluding steroid dienone is 3. The quantitative estimate of drug-likeness (QED) is 0.483. The van der Waals surface area contributed by atoms with Crippen LogP contribution < -0.4 is 0 Å². The second-order valence-corrected chi connectivity index (χ2v) is 9.73. The zero-order valence-electron chi connectivity index (χ0n) is 19.7. The lowest BCUT2D eigenvalue weighted by molar-refractivity contribution is -0.149. The number of cyclic esters (lactones) is 1. The number of Topliss-reactive ketones (excluding diaryl/α,β-unsaturated/α-hetero) is 1. The number of ether oxygens (including phenoxy) is 4. The number of ketones is 1. The third-order valence-corrected chi connectivity index (χ3v) is 7.75. The van der Waals surface area contributed by atoms with Crippen LogP contribution in [0.15, 0.2) is 33.7 Å². The molecule has 0 aromatic carbocycles. The summed E-state index contributed by atoms with van der Waals surface area (Å²) >= 11 is 0. The van der Waals surface area contributed by atoms with Crippen molar-refractivity contribution in [2.75, 3.05) is 13.7 Å². The maximum Gasteiger partial charge on any atom is 0.342 e. The van der Waals surface area contributed by atoms with Gasteiger partial charge < -0.3 is 23.4 Å². The minimum absolute atomic E-state index is 0.0724. The van der Waals surface area contributed by atoms with Gasteiger partial charge in [0.1, 0.15) is 29.8 Å². The van der Waals surface area contributed by atoms with Crippen molar-refractivity contribution in [2.24, 2.45) is 11.3 Å². The smallest absolute Gasteiger partial charge is 0.342 e. The lowest BCUT2D eigenvalue weighted by Crippen LogP contribution is -2.57. The average molecular weight is 470 g/mol. The fraction of sp³-hybridized carbons (Fsp3) is 0.520. The Morgan fingerprint density at radius 2 is 1.91 bits per heavy atom. The molecule has 0 saturated heterocycles. The van der Waals surface area contributed by atoms with Crippen molar-refractivity contribution in [3.05, 3.63) is 46.1 Å². The molecule has 1 aromatic rings. The van der Waals surface area contributed by atoms with Crippen molar-refractivity contribution in [1.29, 1.82) is 0 Å². The van der Waals surface area contributed by atoms with Crippen LogP contribution in [0.4, 0.5) is 0 Å². The first kappa shape index (κ1) is 22.6. The van der Waals surface area contributed by atoms with E-state index in [0.29, 0.717) is 35.3 Å². The molecular formula is C25H26O9. The van der Waals surface area contributed by atoms with Crippen LogP contribution in [0.1, 0.15) is 67.0 Å². The molecule has 180 valence electrons. The van der Waals surface area contributed by atoms with E-state index in [-0.39, 0.29) is 29.6 Å². The average Bonchev–Trinajstić information content (AvgIpc) is 3.32. The summed E-state index contributed by atoms with van der Waals surface area (Å²) < 4.78 is 28.1. The van der Waals surface area contributed by atoms with Gasteiger partial charge in [-0.2, -0.15) is 0 Å². The molecule has 1 aliphatic heterocycles. The molecule has 0 saturated carbocycles. The number of fused-ring (bicyclic) bond motifs is 3. The molecule has 1 unspecified atom stereocenters. The molecule has 0 fully saturated rings. The van der Waals surface area contributed by atoms with E-state index in [1.807, 2.05) is 19.9 Å². The second kappa shape index (κ2) is 7.40. The number of esters is 3. The third kappa shape index (κ3) is 2.82. The van der Waals surface area contributed by atoms with Crippen LogP contribution in [-0.2, 0) is 34.0 Å². The molecule has 34 heavy (non-hydrogen) atoms. The number of carbonyl (C=O) groups excluding carboxylic acids is 4. The van der Waals surface area contributed by atoms with E-state index in [1.165, 1.54) is 27.2 Å². The van der Waals surface area contributed by atoms with Crippen LogP contribution in [0.5, 0.6) is 0 Å². The molecule has 0 radical (unpaired) electrons. The molecule has 9 heteroatoms. The largest absolute Gasteiger partial charge is 0.460 e. The highest BCUT2D eigenvalue weighted by Crippen LogP contribution is 2.62. The third-order valence-electron chi connectivity index (χ3n) is 7.75. The van der Waals surface area contributed by atoms with Gasteiger partial charge in [-0.3, -0.25) is 14.4 Å². The molecular weight excluding hydrogens is 444 g/mol. The normalized spacial score (nSPS) is 33.4. The number of carbonyl (C=O) groups is 4. The predicted molar refractivity (Wildman–Crippen MR) is 115 cm³/mol. The number of hydrogen-bond acceptors (Lipinski definition) is 9. The number of furan rings is 1. The Kier molecular flexibility index (Phi) is 4.91. The topological polar surface area (TPSA) is 118 Å². The summed E-state index contributed by atoms with van der Waals surface area (Å²) in [4.78, 5) is 50.6. The Labute approximate surface area is 196 Å². The molecule has 0 amide bonds. The molecule has 5 rings (SSSR count). The van der Waals surface area contributed by atoms with Crippen molar-refractivity contribution in [3.8, 4) is 0 Å². The summed E-state index contributed by atoms with van der Waals surface area (Å²) in [5.74, 6) is -1.72. The van der Waals surface area contributed by atoms with Crippen LogP contribution in [0, 0.1) is 11.3 Å². The second-order valence-electron chi connectivity index (χ2n) is 9.73. The summed E-state index contributed by atoms with van der Waals surface area (Å²) in [6, 6.07) is 0. The van der Waals surface area contributed by atoms with Crippen molar-refractivity contribution >= 4 is 23.7 Å². The van der Waals surface area contributed by atoms with E-state index in [1.54, 1.807) is 0 Å². The van der Waals surface area contributed by atoms with E-state index < -0.39 is 40.9 Å². The Morgan fingerprint density at radius 1 is 1.18 bits per heavy atom. The van der Waals surface area contributed by atoms with Gasteiger partial charge >= 0.3 is 17.9 Å². The summed E-state index contributed by atoms with van der Waals surface area (Å²) in [7, 11) is 1.50. The van der Waals surface area contributed by atoms with E-state index in [2.05, 4.69) is 0 Å². The standard InChI is InChI=1S/C25H26O9/c1-11(26)32-15-8-24(3)14(6-7-16(24)33-12(2)27)18-20(15)25(4)17(10-30-5)34-23(29)13-9-31-22(19(13)25)21(18)28/h7,9,14-15,17H,6,8,10H2,1-5H3/t14?,15-,17-,24+,25+/m1/s1. The summed E-state index contributed by atoms with van der Waals surface area (Å²) in [5.41, 5.74) is -0.0979. The number of rotatable bonds is 4. The molecule has 3 aliphatic carbocycles. The van der Waals surface area contributed by atoms with Gasteiger partial charge in [0.05, 0.1) is 12.0 Å². The minimum Gasteiger partial charge on any atom is -0.460 e. The van der Waals surface area contributed by atoms with Gasteiger partial charge in [0, 0.05) is 49.8 Å². The molecule has 0 bridgehead atoms. The first-order valence-corrected chi connectivity index (χ1v) is 11.2. The van der Waals surface area contributed by atoms with Gasteiger partial charge in [-0.15, -0.1) is 0 Å². The van der Waals surface area contributed by atoms with Crippen LogP contribution >= 0.6 is 0 Å². The highest BCUT2D eigenvalue weighted by Gasteiger charge is 2.63. The van der Waals surface area contributed by atoms with Crippen LogP contribution in [-0.4, -0.2) is 49.6 Å². The van der Waals surface area contributed by atoms with Crippen molar-refractivity contribution < 1.29 is 42.5 Å². The summed E-state index contributed by atoms with van der Waals surface area (Å²) in [5, 5.41) is 0. The lowest BCUT2D eigenvalue weighted by Gasteiger charge is -2.52. The van der Waals surface area contributed by atoms with Gasteiger partial charge in [-0.25, -0.2) is 4.79 Å². The number of methoxy groups -OCH3 is 1. The van der Waals surface area contributed by atoms with Crippen molar-refractivity contribution in [1.82, 2.24) is 0 Å². The Hall–Kier alpha value is -3.20. The van der Waals surface area contributed by atoms with Crippen LogP contribution in [0.25, 0.3) is 0 Å². The Bertz CT molecular complexity index is 1200. The van der Waals surface area contributed by atoms with Gasteiger partial charge in [-0.05, 0) is 25.0 Å². The van der Waals surface area contributed by atoms with E-state index in [4.69, 9.17) is 23.4 Å². The van der Waals surface area contributed by atoms with E-state index in [0.717, 1.165) is 0 Å². The van der Waals surface area contributed by atoms with Gasteiger partial charge in [0.2, 0.25) is 5.78 Å². The Morgan fingerprint density at radius 3 is 2.56 bits per heavy atom. The fourth-order valence-electron chi connectivity index (χ4n) is 6.37. The van der Waals surface area contributed by atoms with Crippen molar-refractivity contribution in [3.63, 3.8) is 0 Å².